The van der Waals surface area contributed by atoms with Crippen molar-refractivity contribution in [3.05, 3.63) is 89.3 Å². The van der Waals surface area contributed by atoms with E-state index in [4.69, 9.17) is 6.57 Å². The predicted molar refractivity (Wildman–Crippen MR) is 91.7 cm³/mol. The smallest absolute Gasteiger partial charge is 0.291 e. The maximum Gasteiger partial charge on any atom is 0.350 e. The lowest BCUT2D eigenvalue weighted by Gasteiger charge is -2.09. The third-order valence-electron chi connectivity index (χ3n) is 3.82. The largest absolute Gasteiger partial charge is 0.350 e. The lowest BCUT2D eigenvalue weighted by atomic mass is 10.1. The van der Waals surface area contributed by atoms with Crippen molar-refractivity contribution in [2.45, 2.75) is 17.2 Å². The van der Waals surface area contributed by atoms with Gasteiger partial charge in [0.05, 0.1) is 10.5 Å². The zero-order valence-corrected chi connectivity index (χ0v) is 13.4. The van der Waals surface area contributed by atoms with E-state index in [2.05, 4.69) is 4.85 Å². The molecule has 0 bridgehead atoms. The van der Waals surface area contributed by atoms with E-state index in [0.29, 0.717) is 5.56 Å². The van der Waals surface area contributed by atoms with Crippen LogP contribution in [0.15, 0.2) is 71.6 Å². The molecule has 4 heteroatoms. The van der Waals surface area contributed by atoms with Gasteiger partial charge in [0.15, 0.2) is 0 Å². The maximum atomic E-state index is 12.8. The number of sulfone groups is 1. The van der Waals surface area contributed by atoms with E-state index in [0.717, 1.165) is 16.3 Å². The fourth-order valence-corrected chi connectivity index (χ4v) is 3.96. The molecule has 0 heterocycles. The summed E-state index contributed by atoms with van der Waals surface area (Å²) in [5.41, 5.74) is 1.48. The third-order valence-corrected chi connectivity index (χ3v) is 5.71. The minimum atomic E-state index is -3.74. The molecular formula is C19H15NO2S. The highest BCUT2D eigenvalue weighted by Gasteiger charge is 2.34. The number of aryl methyl sites for hydroxylation is 1. The van der Waals surface area contributed by atoms with E-state index in [1.54, 1.807) is 36.4 Å². The molecule has 0 aliphatic rings. The summed E-state index contributed by atoms with van der Waals surface area (Å²) in [5.74, 6) is 0. The summed E-state index contributed by atoms with van der Waals surface area (Å²) in [6.45, 7) is 9.29. The Hall–Kier alpha value is -2.64. The van der Waals surface area contributed by atoms with E-state index < -0.39 is 15.2 Å². The van der Waals surface area contributed by atoms with E-state index in [1.807, 2.05) is 37.3 Å². The first-order valence-corrected chi connectivity index (χ1v) is 8.73. The molecule has 0 amide bonds. The number of rotatable bonds is 3. The van der Waals surface area contributed by atoms with Crippen molar-refractivity contribution in [3.63, 3.8) is 0 Å². The molecule has 0 saturated heterocycles. The summed E-state index contributed by atoms with van der Waals surface area (Å²) >= 11 is 0. The third kappa shape index (κ3) is 2.84. The monoisotopic (exact) mass is 321 g/mol. The van der Waals surface area contributed by atoms with Crippen molar-refractivity contribution in [3.8, 4) is 0 Å². The Balaban J connectivity index is 2.10. The van der Waals surface area contributed by atoms with Gasteiger partial charge in [-0.05, 0) is 42.0 Å². The molecular weight excluding hydrogens is 306 g/mol. The van der Waals surface area contributed by atoms with Gasteiger partial charge in [-0.15, -0.1) is 0 Å². The van der Waals surface area contributed by atoms with Gasteiger partial charge in [-0.1, -0.05) is 48.0 Å². The molecule has 1 unspecified atom stereocenters. The highest BCUT2D eigenvalue weighted by atomic mass is 32.2. The molecule has 0 saturated carbocycles. The molecule has 0 spiro atoms. The second-order valence-electron chi connectivity index (χ2n) is 5.45. The van der Waals surface area contributed by atoms with Crippen LogP contribution < -0.4 is 0 Å². The van der Waals surface area contributed by atoms with Gasteiger partial charge in [-0.3, -0.25) is 4.85 Å². The quantitative estimate of drug-likeness (QED) is 0.664. The second-order valence-corrected chi connectivity index (χ2v) is 7.45. The van der Waals surface area contributed by atoms with Crippen LogP contribution in [0.25, 0.3) is 15.6 Å². The lowest BCUT2D eigenvalue weighted by Crippen LogP contribution is -2.10. The van der Waals surface area contributed by atoms with Crippen LogP contribution in [0.3, 0.4) is 0 Å². The van der Waals surface area contributed by atoms with Gasteiger partial charge in [-0.2, -0.15) is 0 Å². The minimum Gasteiger partial charge on any atom is -0.291 e. The average Bonchev–Trinajstić information content (AvgIpc) is 2.55. The SMILES string of the molecule is [C-]#[N+]C(c1ccc2ccccc2c1)S(=O)(=O)c1ccc(C)cc1. The first-order valence-electron chi connectivity index (χ1n) is 7.18. The summed E-state index contributed by atoms with van der Waals surface area (Å²) in [6.07, 6.45) is 0. The van der Waals surface area contributed by atoms with Crippen molar-refractivity contribution >= 4 is 20.6 Å². The number of fused-ring (bicyclic) bond motifs is 1. The van der Waals surface area contributed by atoms with Gasteiger partial charge in [0, 0.05) is 0 Å². The molecule has 0 aliphatic carbocycles. The number of hydrogen-bond acceptors (Lipinski definition) is 2. The molecule has 0 radical (unpaired) electrons. The molecule has 0 N–H and O–H groups in total. The summed E-state index contributed by atoms with van der Waals surface area (Å²) in [6, 6.07) is 19.7. The molecule has 114 valence electrons. The summed E-state index contributed by atoms with van der Waals surface area (Å²) in [4.78, 5) is 3.58. The molecule has 0 aromatic heterocycles. The van der Waals surface area contributed by atoms with Crippen LogP contribution in [0, 0.1) is 13.5 Å². The molecule has 3 aromatic carbocycles. The van der Waals surface area contributed by atoms with Crippen molar-refractivity contribution in [1.29, 1.82) is 0 Å². The Kier molecular flexibility index (Phi) is 3.89. The van der Waals surface area contributed by atoms with Crippen molar-refractivity contribution in [2.75, 3.05) is 0 Å². The maximum absolute atomic E-state index is 12.8. The fraction of sp³-hybridized carbons (Fsp3) is 0.105. The van der Waals surface area contributed by atoms with Crippen molar-refractivity contribution in [2.24, 2.45) is 0 Å². The van der Waals surface area contributed by atoms with Crippen LogP contribution in [0.4, 0.5) is 0 Å². The Labute approximate surface area is 135 Å². The number of hydrogen-bond donors (Lipinski definition) is 0. The molecule has 1 atom stereocenters. The van der Waals surface area contributed by atoms with Gasteiger partial charge >= 0.3 is 5.37 Å². The van der Waals surface area contributed by atoms with E-state index in [-0.39, 0.29) is 4.90 Å². The first kappa shape index (κ1) is 15.3. The molecule has 0 aliphatic heterocycles. The zero-order valence-electron chi connectivity index (χ0n) is 12.6. The van der Waals surface area contributed by atoms with Crippen LogP contribution in [-0.4, -0.2) is 8.42 Å². The van der Waals surface area contributed by atoms with E-state index in [9.17, 15) is 8.42 Å². The van der Waals surface area contributed by atoms with Crippen LogP contribution in [-0.2, 0) is 9.84 Å². The van der Waals surface area contributed by atoms with Crippen LogP contribution in [0.1, 0.15) is 16.5 Å². The number of benzene rings is 3. The summed E-state index contributed by atoms with van der Waals surface area (Å²) in [5, 5.41) is 0.722. The zero-order chi connectivity index (χ0) is 16.4. The van der Waals surface area contributed by atoms with E-state index >= 15 is 0 Å². The summed E-state index contributed by atoms with van der Waals surface area (Å²) < 4.78 is 25.6. The number of nitrogens with zero attached hydrogens (tertiary/aromatic N) is 1. The van der Waals surface area contributed by atoms with Crippen molar-refractivity contribution < 1.29 is 8.42 Å². The summed E-state index contributed by atoms with van der Waals surface area (Å²) in [7, 11) is -3.74. The molecule has 23 heavy (non-hydrogen) atoms. The van der Waals surface area contributed by atoms with E-state index in [1.165, 1.54) is 0 Å². The Bertz CT molecular complexity index is 999. The first-order chi connectivity index (χ1) is 11.0. The fourth-order valence-electron chi connectivity index (χ4n) is 2.54. The highest BCUT2D eigenvalue weighted by Crippen LogP contribution is 2.32. The average molecular weight is 321 g/mol. The highest BCUT2D eigenvalue weighted by molar-refractivity contribution is 7.91. The van der Waals surface area contributed by atoms with Gasteiger partial charge in [0.2, 0.25) is 0 Å². The molecule has 3 nitrogen and oxygen atoms in total. The van der Waals surface area contributed by atoms with Gasteiger partial charge in [0.25, 0.3) is 9.84 Å². The predicted octanol–water partition coefficient (Wildman–Crippen LogP) is 4.54. The normalized spacial score (nSPS) is 12.7. The van der Waals surface area contributed by atoms with Gasteiger partial charge in [0.1, 0.15) is 0 Å². The van der Waals surface area contributed by atoms with Crippen LogP contribution in [0.2, 0.25) is 0 Å². The Morgan fingerprint density at radius 2 is 1.57 bits per heavy atom. The minimum absolute atomic E-state index is 0.178. The molecule has 3 rings (SSSR count). The van der Waals surface area contributed by atoms with Crippen LogP contribution >= 0.6 is 0 Å². The second kappa shape index (κ2) is 5.86. The Morgan fingerprint density at radius 3 is 2.22 bits per heavy atom. The lowest BCUT2D eigenvalue weighted by molar-refractivity contribution is 0.590. The van der Waals surface area contributed by atoms with Gasteiger partial charge < -0.3 is 0 Å². The Morgan fingerprint density at radius 1 is 0.913 bits per heavy atom. The topological polar surface area (TPSA) is 38.5 Å². The van der Waals surface area contributed by atoms with Crippen LogP contribution in [0.5, 0.6) is 0 Å². The van der Waals surface area contributed by atoms with Gasteiger partial charge in [-0.25, -0.2) is 15.0 Å². The standard InChI is InChI=1S/C19H15NO2S/c1-14-7-11-18(12-8-14)23(21,22)19(20-2)17-10-9-15-5-3-4-6-16(15)13-17/h3-13,19H,1H3. The molecule has 3 aromatic rings. The van der Waals surface area contributed by atoms with Crippen molar-refractivity contribution in [1.82, 2.24) is 0 Å². The molecule has 0 fully saturated rings.